The molecule has 0 fully saturated rings. The molecule has 0 bridgehead atoms. The molecule has 0 aliphatic rings. The van der Waals surface area contributed by atoms with Crippen LogP contribution in [0.4, 0.5) is 0 Å². The summed E-state index contributed by atoms with van der Waals surface area (Å²) in [6.45, 7) is 0. The third-order valence-corrected chi connectivity index (χ3v) is 2.08. The highest BCUT2D eigenvalue weighted by Crippen LogP contribution is 1.68. The number of nitrogens with one attached hydrogen (secondary N) is 1. The van der Waals surface area contributed by atoms with Gasteiger partial charge in [-0.3, -0.25) is 4.98 Å². The lowest BCUT2D eigenvalue weighted by Crippen LogP contribution is -2.11. The second-order valence-electron chi connectivity index (χ2n) is 1.17. The standard InChI is InChI=1S/C3H3N2.ClH.Mg/c1-2-5-3-4-1;;/h1-2H,(H,4,5);1H;/q;;+1/p-1. The Hall–Kier alpha value is 0.266. The van der Waals surface area contributed by atoms with Crippen LogP contribution in [0.5, 0.6) is 0 Å². The van der Waals surface area contributed by atoms with Crippen molar-refractivity contribution in [1.29, 1.82) is 0 Å². The molecule has 7 heavy (non-hydrogen) atoms. The molecule has 1 rings (SSSR count). The maximum atomic E-state index is 5.51. The van der Waals surface area contributed by atoms with Gasteiger partial charge in [0.15, 0.2) is 0 Å². The van der Waals surface area contributed by atoms with Crippen molar-refractivity contribution in [3.8, 4) is 0 Å². The molecule has 0 atom stereocenters. The molecular weight excluding hydrogens is 124 g/mol. The third kappa shape index (κ3) is 1.33. The molecule has 0 unspecified atom stereocenters. The van der Waals surface area contributed by atoms with Crippen molar-refractivity contribution in [2.45, 2.75) is 0 Å². The molecule has 1 N–H and O–H groups in total. The van der Waals surface area contributed by atoms with Crippen LogP contribution in [0.3, 0.4) is 0 Å². The van der Waals surface area contributed by atoms with Crippen molar-refractivity contribution in [2.24, 2.45) is 0 Å². The smallest absolute Gasteiger partial charge is 0.373 e. The SMILES string of the molecule is [Cl][Mg][c]1ncc[nH]1. The quantitative estimate of drug-likeness (QED) is 0.523. The van der Waals surface area contributed by atoms with E-state index in [-0.39, 0.29) is 0 Å². The van der Waals surface area contributed by atoms with E-state index in [9.17, 15) is 0 Å². The number of nitrogens with zero attached hydrogens (tertiary/aromatic N) is 1. The number of aromatic amines is 1. The Morgan fingerprint density at radius 2 is 2.71 bits per heavy atom. The van der Waals surface area contributed by atoms with Gasteiger partial charge in [-0.25, -0.2) is 0 Å². The molecule has 0 saturated carbocycles. The fourth-order valence-corrected chi connectivity index (χ4v) is 1.18. The minimum atomic E-state index is -0.561. The number of rotatable bonds is 1. The van der Waals surface area contributed by atoms with Crippen LogP contribution in [0.25, 0.3) is 0 Å². The lowest BCUT2D eigenvalue weighted by molar-refractivity contribution is 1.40. The first kappa shape index (κ1) is 5.40. The molecular formula is C3H3ClMgN2. The molecule has 2 nitrogen and oxygen atoms in total. The molecule has 1 aromatic rings. The number of H-pyrrole nitrogens is 1. The molecule has 0 saturated heterocycles. The molecule has 0 spiro atoms. The summed E-state index contributed by atoms with van der Waals surface area (Å²) >= 11 is -0.561. The average Bonchev–Trinajstić information content (AvgIpc) is 2.14. The number of halogens is 1. The first-order valence-electron chi connectivity index (χ1n) is 1.97. The van der Waals surface area contributed by atoms with E-state index >= 15 is 0 Å². The van der Waals surface area contributed by atoms with E-state index in [0.717, 1.165) is 3.95 Å². The van der Waals surface area contributed by atoms with Crippen LogP contribution in [-0.2, 0) is 0 Å². The summed E-state index contributed by atoms with van der Waals surface area (Å²) in [5.41, 5.74) is 0. The lowest BCUT2D eigenvalue weighted by atomic mass is 11.0. The predicted molar refractivity (Wildman–Crippen MR) is 29.8 cm³/mol. The molecule has 1 aromatic heterocycles. The van der Waals surface area contributed by atoms with Crippen LogP contribution < -0.4 is 3.95 Å². The predicted octanol–water partition coefficient (Wildman–Crippen LogP) is -0.107. The van der Waals surface area contributed by atoms with Gasteiger partial charge in [0, 0.05) is 12.4 Å². The highest BCUT2D eigenvalue weighted by atomic mass is 35.5. The van der Waals surface area contributed by atoms with Gasteiger partial charge < -0.3 is 14.1 Å². The van der Waals surface area contributed by atoms with Crippen molar-refractivity contribution in [1.82, 2.24) is 9.97 Å². The van der Waals surface area contributed by atoms with Crippen molar-refractivity contribution < 1.29 is 0 Å². The number of hydrogen-bond acceptors (Lipinski definition) is 1. The Balaban J connectivity index is 2.76. The van der Waals surface area contributed by atoms with E-state index in [1.165, 1.54) is 0 Å². The van der Waals surface area contributed by atoms with E-state index in [2.05, 4.69) is 9.97 Å². The number of imidazole rings is 1. The molecule has 0 aromatic carbocycles. The normalized spacial score (nSPS) is 8.14. The fraction of sp³-hybridized carbons (Fsp3) is 0. The van der Waals surface area contributed by atoms with Crippen molar-refractivity contribution >= 4 is 32.3 Å². The summed E-state index contributed by atoms with van der Waals surface area (Å²) in [5, 5.41) is 0. The minimum absolute atomic E-state index is 0.561. The van der Waals surface area contributed by atoms with Crippen molar-refractivity contribution in [3.63, 3.8) is 0 Å². The molecule has 0 aliphatic heterocycles. The molecule has 4 heteroatoms. The maximum Gasteiger partial charge on any atom is 0.591 e. The van der Waals surface area contributed by atoms with Gasteiger partial charge in [-0.1, -0.05) is 0 Å². The Morgan fingerprint density at radius 1 is 1.86 bits per heavy atom. The Bertz CT molecular complexity index is 127. The number of aromatic nitrogens is 2. The van der Waals surface area contributed by atoms with Crippen LogP contribution in [0.2, 0.25) is 0 Å². The summed E-state index contributed by atoms with van der Waals surface area (Å²) in [7, 11) is 5.51. The van der Waals surface area contributed by atoms with Gasteiger partial charge in [-0.15, -0.1) is 0 Å². The molecule has 0 aliphatic carbocycles. The largest absolute Gasteiger partial charge is 0.591 e. The average molecular weight is 127 g/mol. The highest BCUT2D eigenvalue weighted by molar-refractivity contribution is 7.00. The Kier molecular flexibility index (Phi) is 1.96. The van der Waals surface area contributed by atoms with Gasteiger partial charge in [0.2, 0.25) is 0 Å². The zero-order valence-corrected chi connectivity index (χ0v) is 5.86. The van der Waals surface area contributed by atoms with Crippen LogP contribution >= 0.6 is 9.07 Å². The second kappa shape index (κ2) is 2.54. The van der Waals surface area contributed by atoms with Gasteiger partial charge in [0.1, 0.15) is 0 Å². The van der Waals surface area contributed by atoms with Crippen LogP contribution in [0.1, 0.15) is 0 Å². The number of hydrogen-bond donors (Lipinski definition) is 1. The summed E-state index contributed by atoms with van der Waals surface area (Å²) in [6, 6.07) is 0. The summed E-state index contributed by atoms with van der Waals surface area (Å²) in [4.78, 5) is 6.81. The molecule has 0 radical (unpaired) electrons. The van der Waals surface area contributed by atoms with Crippen LogP contribution in [-0.4, -0.2) is 29.2 Å². The molecule has 34 valence electrons. The summed E-state index contributed by atoms with van der Waals surface area (Å²) < 4.78 is 0.960. The van der Waals surface area contributed by atoms with Crippen molar-refractivity contribution in [2.75, 3.05) is 0 Å². The zero-order chi connectivity index (χ0) is 5.11. The minimum Gasteiger partial charge on any atom is -0.373 e. The Labute approximate surface area is 54.8 Å². The summed E-state index contributed by atoms with van der Waals surface area (Å²) in [5.74, 6) is 0. The topological polar surface area (TPSA) is 28.7 Å². The van der Waals surface area contributed by atoms with E-state index in [1.54, 1.807) is 12.4 Å². The molecule has 0 amide bonds. The highest BCUT2D eigenvalue weighted by Gasteiger charge is 1.93. The second-order valence-corrected chi connectivity index (χ2v) is 2.91. The van der Waals surface area contributed by atoms with E-state index in [4.69, 9.17) is 9.07 Å². The first-order chi connectivity index (χ1) is 3.43. The monoisotopic (exact) mass is 126 g/mol. The fourth-order valence-electron chi connectivity index (χ4n) is 0.371. The van der Waals surface area contributed by atoms with Gasteiger partial charge in [0.05, 0.1) is 0 Å². The maximum absolute atomic E-state index is 5.51. The van der Waals surface area contributed by atoms with Crippen LogP contribution in [0, 0.1) is 0 Å². The van der Waals surface area contributed by atoms with Gasteiger partial charge >= 0.3 is 19.3 Å². The first-order valence-corrected chi connectivity index (χ1v) is 4.82. The third-order valence-electron chi connectivity index (χ3n) is 0.681. The zero-order valence-electron chi connectivity index (χ0n) is 3.69. The Morgan fingerprint density at radius 3 is 3.00 bits per heavy atom. The van der Waals surface area contributed by atoms with Crippen molar-refractivity contribution in [3.05, 3.63) is 12.4 Å². The molecule has 1 heterocycles. The van der Waals surface area contributed by atoms with Gasteiger partial charge in [-0.2, -0.15) is 0 Å². The lowest BCUT2D eigenvalue weighted by Gasteiger charge is -1.75. The van der Waals surface area contributed by atoms with E-state index < -0.39 is 19.3 Å². The van der Waals surface area contributed by atoms with Gasteiger partial charge in [0.25, 0.3) is 0 Å². The van der Waals surface area contributed by atoms with E-state index in [0.29, 0.717) is 0 Å². The van der Waals surface area contributed by atoms with E-state index in [1.807, 2.05) is 0 Å². The summed E-state index contributed by atoms with van der Waals surface area (Å²) in [6.07, 6.45) is 3.50. The van der Waals surface area contributed by atoms with Gasteiger partial charge in [-0.05, 0) is 3.95 Å². The van der Waals surface area contributed by atoms with Crippen LogP contribution in [0.15, 0.2) is 12.4 Å².